The first kappa shape index (κ1) is 23.9. The highest BCUT2D eigenvalue weighted by molar-refractivity contribution is 6.34. The molecule has 0 fully saturated rings. The van der Waals surface area contributed by atoms with Crippen LogP contribution in [0.5, 0.6) is 0 Å². The predicted molar refractivity (Wildman–Crippen MR) is 117 cm³/mol. The van der Waals surface area contributed by atoms with E-state index < -0.39 is 23.3 Å². The fourth-order valence-electron chi connectivity index (χ4n) is 3.35. The molecule has 4 nitrogen and oxygen atoms in total. The van der Waals surface area contributed by atoms with Crippen molar-refractivity contribution in [1.29, 1.82) is 0 Å². The highest BCUT2D eigenvalue weighted by Gasteiger charge is 2.30. The molecule has 0 saturated heterocycles. The Bertz CT molecular complexity index is 1190. The number of halogens is 5. The van der Waals surface area contributed by atoms with Crippen LogP contribution < -0.4 is 5.56 Å². The van der Waals surface area contributed by atoms with E-state index in [-0.39, 0.29) is 35.0 Å². The number of nitrogens with zero attached hydrogens (tertiary/aromatic N) is 1. The van der Waals surface area contributed by atoms with Crippen molar-refractivity contribution in [2.45, 2.75) is 32.0 Å². The van der Waals surface area contributed by atoms with E-state index in [2.05, 4.69) is 0 Å². The van der Waals surface area contributed by atoms with Gasteiger partial charge in [-0.2, -0.15) is 13.2 Å². The largest absolute Gasteiger partial charge is 0.478 e. The van der Waals surface area contributed by atoms with Crippen molar-refractivity contribution in [3.8, 4) is 0 Å². The molecule has 0 aliphatic rings. The average molecular weight is 484 g/mol. The molecule has 0 saturated carbocycles. The Hall–Kier alpha value is -2.77. The Balaban J connectivity index is 1.83. The number of carboxylic acids is 1. The first-order valence-corrected chi connectivity index (χ1v) is 10.4. The van der Waals surface area contributed by atoms with Gasteiger partial charge in [-0.05, 0) is 54.7 Å². The lowest BCUT2D eigenvalue weighted by molar-refractivity contribution is -0.137. The summed E-state index contributed by atoms with van der Waals surface area (Å²) in [5.74, 6) is -1.04. The lowest BCUT2D eigenvalue weighted by Crippen LogP contribution is -2.25. The normalized spacial score (nSPS) is 11.5. The molecular formula is C23H18Cl2F3NO3. The minimum atomic E-state index is -4.44. The van der Waals surface area contributed by atoms with Crippen LogP contribution in [0, 0.1) is 0 Å². The van der Waals surface area contributed by atoms with Crippen LogP contribution in [0.2, 0.25) is 10.0 Å². The zero-order valence-corrected chi connectivity index (χ0v) is 18.1. The summed E-state index contributed by atoms with van der Waals surface area (Å²) in [5.41, 5.74) is 0.715. The van der Waals surface area contributed by atoms with Gasteiger partial charge in [0.2, 0.25) is 0 Å². The zero-order chi connectivity index (χ0) is 23.5. The van der Waals surface area contributed by atoms with Crippen LogP contribution in [0.1, 0.15) is 32.7 Å². The third-order valence-electron chi connectivity index (χ3n) is 5.03. The molecule has 0 spiro atoms. The van der Waals surface area contributed by atoms with Gasteiger partial charge in [-0.15, -0.1) is 0 Å². The highest BCUT2D eigenvalue weighted by Crippen LogP contribution is 2.30. The summed E-state index contributed by atoms with van der Waals surface area (Å²) in [6.07, 6.45) is -3.54. The summed E-state index contributed by atoms with van der Waals surface area (Å²) >= 11 is 12.3. The smallest absolute Gasteiger partial charge is 0.416 e. The molecular weight excluding hydrogens is 466 g/mol. The average Bonchev–Trinajstić information content (AvgIpc) is 2.74. The van der Waals surface area contributed by atoms with E-state index in [1.54, 1.807) is 18.2 Å². The second-order valence-electron chi connectivity index (χ2n) is 7.19. The Morgan fingerprint density at radius 2 is 1.59 bits per heavy atom. The third kappa shape index (κ3) is 5.72. The lowest BCUT2D eigenvalue weighted by atomic mass is 10.0. The summed E-state index contributed by atoms with van der Waals surface area (Å²) in [6.45, 7) is 0.226. The number of carbonyl (C=O) groups is 1. The predicted octanol–water partition coefficient (Wildman–Crippen LogP) is 5.90. The van der Waals surface area contributed by atoms with Crippen LogP contribution in [0.25, 0.3) is 0 Å². The van der Waals surface area contributed by atoms with Gasteiger partial charge in [0.15, 0.2) is 0 Å². The zero-order valence-electron chi connectivity index (χ0n) is 16.6. The number of aryl methyl sites for hydroxylation is 2. The first-order valence-electron chi connectivity index (χ1n) is 9.62. The molecule has 0 atom stereocenters. The fourth-order valence-corrected chi connectivity index (χ4v) is 3.92. The SMILES string of the molecule is O=C(O)c1ccc(CCn2c(CCc3cccc(C(F)(F)F)c3)c(Cl)cc(Cl)c2=O)cc1. The van der Waals surface area contributed by atoms with Gasteiger partial charge in [0.25, 0.3) is 5.56 Å². The second kappa shape index (κ2) is 9.79. The third-order valence-corrected chi connectivity index (χ3v) is 5.63. The molecule has 2 aromatic carbocycles. The minimum absolute atomic E-state index is 0.0564. The number of pyridine rings is 1. The molecule has 0 bridgehead atoms. The number of hydrogen-bond donors (Lipinski definition) is 1. The van der Waals surface area contributed by atoms with Gasteiger partial charge in [-0.3, -0.25) is 4.79 Å². The monoisotopic (exact) mass is 483 g/mol. The van der Waals surface area contributed by atoms with Crippen molar-refractivity contribution >= 4 is 29.2 Å². The molecule has 3 rings (SSSR count). The van der Waals surface area contributed by atoms with Gasteiger partial charge in [0.1, 0.15) is 5.02 Å². The summed E-state index contributed by atoms with van der Waals surface area (Å²) in [7, 11) is 0. The molecule has 0 unspecified atom stereocenters. The Morgan fingerprint density at radius 3 is 2.22 bits per heavy atom. The van der Waals surface area contributed by atoms with E-state index >= 15 is 0 Å². The van der Waals surface area contributed by atoms with Crippen LogP contribution in [0.4, 0.5) is 13.2 Å². The van der Waals surface area contributed by atoms with Crippen molar-refractivity contribution in [3.63, 3.8) is 0 Å². The number of aromatic nitrogens is 1. The van der Waals surface area contributed by atoms with Crippen molar-refractivity contribution < 1.29 is 23.1 Å². The molecule has 1 aromatic heterocycles. The second-order valence-corrected chi connectivity index (χ2v) is 8.01. The van der Waals surface area contributed by atoms with Crippen molar-refractivity contribution in [2.24, 2.45) is 0 Å². The number of benzene rings is 2. The topological polar surface area (TPSA) is 59.3 Å². The van der Waals surface area contributed by atoms with Crippen LogP contribution >= 0.6 is 23.2 Å². The van der Waals surface area contributed by atoms with Crippen LogP contribution in [0.3, 0.4) is 0 Å². The Kier molecular flexibility index (Phi) is 7.31. The Labute approximate surface area is 191 Å². The van der Waals surface area contributed by atoms with Gasteiger partial charge < -0.3 is 9.67 Å². The van der Waals surface area contributed by atoms with E-state index in [9.17, 15) is 22.8 Å². The maximum absolute atomic E-state index is 13.0. The number of hydrogen-bond acceptors (Lipinski definition) is 2. The molecule has 1 N–H and O–H groups in total. The summed E-state index contributed by atoms with van der Waals surface area (Å²) < 4.78 is 40.3. The van der Waals surface area contributed by atoms with E-state index in [4.69, 9.17) is 28.3 Å². The van der Waals surface area contributed by atoms with Gasteiger partial charge in [0, 0.05) is 12.2 Å². The van der Waals surface area contributed by atoms with Crippen LogP contribution in [-0.4, -0.2) is 15.6 Å². The molecule has 0 radical (unpaired) electrons. The van der Waals surface area contributed by atoms with Gasteiger partial charge >= 0.3 is 12.1 Å². The van der Waals surface area contributed by atoms with E-state index in [0.29, 0.717) is 17.7 Å². The van der Waals surface area contributed by atoms with Crippen LogP contribution in [0.15, 0.2) is 59.4 Å². The van der Waals surface area contributed by atoms with Gasteiger partial charge in [-0.1, -0.05) is 53.5 Å². The quantitative estimate of drug-likeness (QED) is 0.455. The van der Waals surface area contributed by atoms with Crippen molar-refractivity contribution in [1.82, 2.24) is 4.57 Å². The molecule has 0 aliphatic heterocycles. The van der Waals surface area contributed by atoms with Gasteiger partial charge in [0.05, 0.1) is 16.1 Å². The highest BCUT2D eigenvalue weighted by atomic mass is 35.5. The molecule has 32 heavy (non-hydrogen) atoms. The standard InChI is InChI=1S/C23H18Cl2F3NO3/c24-18-13-19(25)21(30)29(11-10-14-4-7-16(8-5-14)22(31)32)20(18)9-6-15-2-1-3-17(12-15)23(26,27)28/h1-5,7-8,12-13H,6,9-11H2,(H,31,32). The molecule has 168 valence electrons. The Morgan fingerprint density at radius 1 is 0.906 bits per heavy atom. The summed E-state index contributed by atoms with van der Waals surface area (Å²) in [4.78, 5) is 23.6. The summed E-state index contributed by atoms with van der Waals surface area (Å²) in [5, 5.41) is 9.19. The van der Waals surface area contributed by atoms with Crippen molar-refractivity contribution in [3.05, 3.63) is 103 Å². The lowest BCUT2D eigenvalue weighted by Gasteiger charge is -2.16. The number of carboxylic acid groups (broad SMARTS) is 1. The number of rotatable bonds is 7. The fraction of sp³-hybridized carbons (Fsp3) is 0.217. The number of aromatic carboxylic acids is 1. The molecule has 9 heteroatoms. The first-order chi connectivity index (χ1) is 15.1. The molecule has 0 amide bonds. The minimum Gasteiger partial charge on any atom is -0.478 e. The summed E-state index contributed by atoms with van der Waals surface area (Å²) in [6, 6.07) is 12.6. The van der Waals surface area contributed by atoms with E-state index in [1.807, 2.05) is 0 Å². The van der Waals surface area contributed by atoms with E-state index in [0.717, 1.165) is 17.7 Å². The molecule has 3 aromatic rings. The maximum Gasteiger partial charge on any atom is 0.416 e. The van der Waals surface area contributed by atoms with Gasteiger partial charge in [-0.25, -0.2) is 4.79 Å². The molecule has 1 heterocycles. The maximum atomic E-state index is 13.0. The van der Waals surface area contributed by atoms with E-state index in [1.165, 1.54) is 28.8 Å². The van der Waals surface area contributed by atoms with Crippen LogP contribution in [-0.2, 0) is 32.0 Å². The molecule has 0 aliphatic carbocycles. The van der Waals surface area contributed by atoms with Crippen molar-refractivity contribution in [2.75, 3.05) is 0 Å². The number of alkyl halides is 3.